The second kappa shape index (κ2) is 6.64. The lowest BCUT2D eigenvalue weighted by Gasteiger charge is -2.19. The quantitative estimate of drug-likeness (QED) is 0.750. The molecular weight excluding hydrogens is 190 g/mol. The summed E-state index contributed by atoms with van der Waals surface area (Å²) >= 11 is 0. The zero-order chi connectivity index (χ0) is 11.1. The van der Waals surface area contributed by atoms with E-state index in [1.165, 1.54) is 5.56 Å². The van der Waals surface area contributed by atoms with Crippen LogP contribution in [0.1, 0.15) is 18.9 Å². The van der Waals surface area contributed by atoms with Gasteiger partial charge in [0.15, 0.2) is 0 Å². The minimum atomic E-state index is 0.493. The van der Waals surface area contributed by atoms with Gasteiger partial charge in [-0.1, -0.05) is 6.92 Å². The van der Waals surface area contributed by atoms with Gasteiger partial charge in [0.1, 0.15) is 0 Å². The summed E-state index contributed by atoms with van der Waals surface area (Å²) in [5, 5.41) is 3.33. The summed E-state index contributed by atoms with van der Waals surface area (Å²) in [5.41, 5.74) is 1.25. The van der Waals surface area contributed by atoms with Crippen molar-refractivity contribution in [3.8, 4) is 0 Å². The third kappa shape index (κ3) is 4.49. The molecule has 2 unspecified atom stereocenters. The van der Waals surface area contributed by atoms with Crippen LogP contribution < -0.4 is 5.32 Å². The Balaban J connectivity index is 2.35. The molecule has 0 aliphatic heterocycles. The first-order chi connectivity index (χ1) is 7.26. The van der Waals surface area contributed by atoms with Gasteiger partial charge in [-0.3, -0.25) is 0 Å². The van der Waals surface area contributed by atoms with E-state index in [0.29, 0.717) is 12.0 Å². The van der Waals surface area contributed by atoms with Crippen LogP contribution in [0.2, 0.25) is 0 Å². The van der Waals surface area contributed by atoms with Crippen LogP contribution in [0.3, 0.4) is 0 Å². The van der Waals surface area contributed by atoms with Crippen molar-refractivity contribution in [1.29, 1.82) is 0 Å². The standard InChI is InChI=1S/C12H21NO2/c1-10(8-14-3)6-12(13-2)7-11-4-5-15-9-11/h4-5,9-10,12-13H,6-8H2,1-3H3. The zero-order valence-electron chi connectivity index (χ0n) is 9.82. The van der Waals surface area contributed by atoms with E-state index < -0.39 is 0 Å². The van der Waals surface area contributed by atoms with E-state index in [1.807, 2.05) is 19.4 Å². The van der Waals surface area contributed by atoms with Crippen molar-refractivity contribution in [1.82, 2.24) is 5.32 Å². The summed E-state index contributed by atoms with van der Waals surface area (Å²) < 4.78 is 10.2. The fraction of sp³-hybridized carbons (Fsp3) is 0.667. The lowest BCUT2D eigenvalue weighted by molar-refractivity contribution is 0.150. The van der Waals surface area contributed by atoms with Gasteiger partial charge in [-0.25, -0.2) is 0 Å². The van der Waals surface area contributed by atoms with Gasteiger partial charge in [-0.05, 0) is 37.4 Å². The topological polar surface area (TPSA) is 34.4 Å². The summed E-state index contributed by atoms with van der Waals surface area (Å²) in [6.45, 7) is 3.03. The van der Waals surface area contributed by atoms with Crippen molar-refractivity contribution in [3.05, 3.63) is 24.2 Å². The molecule has 0 saturated carbocycles. The number of nitrogens with one attached hydrogen (secondary N) is 1. The Morgan fingerprint density at radius 1 is 1.53 bits per heavy atom. The Hall–Kier alpha value is -0.800. The van der Waals surface area contributed by atoms with Gasteiger partial charge in [0.25, 0.3) is 0 Å². The van der Waals surface area contributed by atoms with E-state index in [4.69, 9.17) is 9.15 Å². The molecule has 0 aliphatic rings. The molecule has 0 saturated heterocycles. The monoisotopic (exact) mass is 211 g/mol. The van der Waals surface area contributed by atoms with Gasteiger partial charge >= 0.3 is 0 Å². The molecule has 0 radical (unpaired) electrons. The van der Waals surface area contributed by atoms with Crippen LogP contribution in [0.5, 0.6) is 0 Å². The molecule has 0 spiro atoms. The van der Waals surface area contributed by atoms with Gasteiger partial charge < -0.3 is 14.5 Å². The Labute approximate surface area is 91.8 Å². The molecule has 2 atom stereocenters. The van der Waals surface area contributed by atoms with Crippen molar-refractivity contribution >= 4 is 0 Å². The van der Waals surface area contributed by atoms with Crippen LogP contribution in [0, 0.1) is 5.92 Å². The maximum atomic E-state index is 5.14. The van der Waals surface area contributed by atoms with Crippen molar-refractivity contribution < 1.29 is 9.15 Å². The van der Waals surface area contributed by atoms with Crippen molar-refractivity contribution in [2.75, 3.05) is 20.8 Å². The largest absolute Gasteiger partial charge is 0.472 e. The number of ether oxygens (including phenoxy) is 1. The number of hydrogen-bond donors (Lipinski definition) is 1. The average molecular weight is 211 g/mol. The predicted octanol–water partition coefficient (Wildman–Crippen LogP) is 2.08. The first-order valence-electron chi connectivity index (χ1n) is 5.43. The average Bonchev–Trinajstić information content (AvgIpc) is 2.70. The molecule has 0 amide bonds. The molecule has 15 heavy (non-hydrogen) atoms. The second-order valence-electron chi connectivity index (χ2n) is 4.12. The van der Waals surface area contributed by atoms with Gasteiger partial charge in [-0.15, -0.1) is 0 Å². The smallest absolute Gasteiger partial charge is 0.0935 e. The van der Waals surface area contributed by atoms with Crippen LogP contribution in [-0.4, -0.2) is 26.8 Å². The highest BCUT2D eigenvalue weighted by molar-refractivity contribution is 5.07. The Morgan fingerprint density at radius 2 is 2.33 bits per heavy atom. The molecule has 1 N–H and O–H groups in total. The molecule has 3 heteroatoms. The minimum absolute atomic E-state index is 0.493. The van der Waals surface area contributed by atoms with Gasteiger partial charge in [0.05, 0.1) is 12.5 Å². The third-order valence-corrected chi connectivity index (χ3v) is 2.61. The highest BCUT2D eigenvalue weighted by Crippen LogP contribution is 2.11. The Bertz CT molecular complexity index is 246. The van der Waals surface area contributed by atoms with Crippen LogP contribution in [0.15, 0.2) is 23.0 Å². The first kappa shape index (κ1) is 12.3. The van der Waals surface area contributed by atoms with Crippen molar-refractivity contribution in [2.24, 2.45) is 5.92 Å². The zero-order valence-corrected chi connectivity index (χ0v) is 9.82. The SMILES string of the molecule is CNC(Cc1ccoc1)CC(C)COC. The van der Waals surface area contributed by atoms with Crippen LogP contribution in [0.25, 0.3) is 0 Å². The van der Waals surface area contributed by atoms with Crippen LogP contribution in [0.4, 0.5) is 0 Å². The second-order valence-corrected chi connectivity index (χ2v) is 4.12. The number of furan rings is 1. The fourth-order valence-electron chi connectivity index (χ4n) is 1.83. The van der Waals surface area contributed by atoms with E-state index in [0.717, 1.165) is 19.4 Å². The molecule has 0 fully saturated rings. The third-order valence-electron chi connectivity index (χ3n) is 2.61. The number of hydrogen-bond acceptors (Lipinski definition) is 3. The van der Waals surface area contributed by atoms with E-state index in [9.17, 15) is 0 Å². The molecule has 86 valence electrons. The van der Waals surface area contributed by atoms with Crippen LogP contribution in [-0.2, 0) is 11.2 Å². The molecule has 0 bridgehead atoms. The normalized spacial score (nSPS) is 15.1. The molecular formula is C12H21NO2. The Kier molecular flexibility index (Phi) is 5.43. The van der Waals surface area contributed by atoms with Gasteiger partial charge in [0, 0.05) is 19.8 Å². The summed E-state index contributed by atoms with van der Waals surface area (Å²) in [4.78, 5) is 0. The predicted molar refractivity (Wildman–Crippen MR) is 60.9 cm³/mol. The lowest BCUT2D eigenvalue weighted by atomic mass is 9.98. The summed E-state index contributed by atoms with van der Waals surface area (Å²) in [6, 6.07) is 2.51. The van der Waals surface area contributed by atoms with Crippen molar-refractivity contribution in [3.63, 3.8) is 0 Å². The first-order valence-corrected chi connectivity index (χ1v) is 5.43. The number of rotatable bonds is 7. The maximum Gasteiger partial charge on any atom is 0.0935 e. The van der Waals surface area contributed by atoms with Crippen molar-refractivity contribution in [2.45, 2.75) is 25.8 Å². The summed E-state index contributed by atoms with van der Waals surface area (Å²) in [5.74, 6) is 0.583. The number of methoxy groups -OCH3 is 1. The molecule has 1 aromatic heterocycles. The summed E-state index contributed by atoms with van der Waals surface area (Å²) in [6.07, 6.45) is 5.67. The molecule has 1 heterocycles. The molecule has 0 aromatic carbocycles. The van der Waals surface area contributed by atoms with Crippen LogP contribution >= 0.6 is 0 Å². The van der Waals surface area contributed by atoms with Gasteiger partial charge in [-0.2, -0.15) is 0 Å². The fourth-order valence-corrected chi connectivity index (χ4v) is 1.83. The lowest BCUT2D eigenvalue weighted by Crippen LogP contribution is -2.30. The molecule has 1 aromatic rings. The highest BCUT2D eigenvalue weighted by Gasteiger charge is 2.12. The van der Waals surface area contributed by atoms with E-state index in [1.54, 1.807) is 13.4 Å². The maximum absolute atomic E-state index is 5.14. The highest BCUT2D eigenvalue weighted by atomic mass is 16.5. The molecule has 0 aliphatic carbocycles. The van der Waals surface area contributed by atoms with E-state index in [2.05, 4.69) is 12.2 Å². The van der Waals surface area contributed by atoms with Gasteiger partial charge in [0.2, 0.25) is 0 Å². The van der Waals surface area contributed by atoms with E-state index in [-0.39, 0.29) is 0 Å². The number of likely N-dealkylation sites (N-methyl/N-ethyl adjacent to an activating group) is 1. The minimum Gasteiger partial charge on any atom is -0.472 e. The Morgan fingerprint density at radius 3 is 2.87 bits per heavy atom. The summed E-state index contributed by atoms with van der Waals surface area (Å²) in [7, 11) is 3.76. The molecule has 1 rings (SSSR count). The van der Waals surface area contributed by atoms with E-state index >= 15 is 0 Å². The molecule has 3 nitrogen and oxygen atoms in total.